The third kappa shape index (κ3) is 2.24. The van der Waals surface area contributed by atoms with Gasteiger partial charge in [-0.05, 0) is 29.2 Å². The van der Waals surface area contributed by atoms with Crippen molar-refractivity contribution in [1.82, 2.24) is 4.90 Å². The van der Waals surface area contributed by atoms with Crippen LogP contribution in [-0.4, -0.2) is 17.7 Å². The Hall–Kier alpha value is -3.06. The van der Waals surface area contributed by atoms with E-state index < -0.39 is 0 Å². The van der Waals surface area contributed by atoms with E-state index in [2.05, 4.69) is 6.07 Å². The van der Waals surface area contributed by atoms with E-state index >= 15 is 0 Å². The summed E-state index contributed by atoms with van der Waals surface area (Å²) in [6.45, 7) is 0. The van der Waals surface area contributed by atoms with Crippen LogP contribution >= 0.6 is 0 Å². The van der Waals surface area contributed by atoms with E-state index in [9.17, 15) is 10.1 Å². The molecule has 2 aromatic rings. The van der Waals surface area contributed by atoms with Crippen molar-refractivity contribution >= 4 is 16.6 Å². The Balaban J connectivity index is 2.04. The molecule has 124 valence electrons. The summed E-state index contributed by atoms with van der Waals surface area (Å²) >= 11 is 0. The summed E-state index contributed by atoms with van der Waals surface area (Å²) in [6, 6.07) is 16.4. The molecule has 0 bridgehead atoms. The van der Waals surface area contributed by atoms with Crippen LogP contribution in [0.5, 0.6) is 0 Å². The van der Waals surface area contributed by atoms with Gasteiger partial charge in [0.25, 0.3) is 0 Å². The standard InChI is InChI=1S/C21H19N3O/c1-24-17-10-5-11-18(25)20(17)19(16(12-22)21(24)23)15-9-4-7-13-6-2-3-8-14(13)15/h2-4,6-9,19H,5,10-11,23H2,1H3/t19-/m0/s1. The molecular formula is C21H19N3O. The largest absolute Gasteiger partial charge is 0.384 e. The second-order valence-corrected chi connectivity index (χ2v) is 6.61. The topological polar surface area (TPSA) is 70.1 Å². The van der Waals surface area contributed by atoms with Gasteiger partial charge < -0.3 is 10.6 Å². The zero-order valence-corrected chi connectivity index (χ0v) is 14.1. The van der Waals surface area contributed by atoms with Crippen molar-refractivity contribution < 1.29 is 4.79 Å². The van der Waals surface area contributed by atoms with Gasteiger partial charge in [0.2, 0.25) is 0 Å². The number of Topliss-reactive ketones (excluding diaryl/α,β-unsaturated/α-hetero) is 1. The first-order chi connectivity index (χ1) is 12.1. The minimum absolute atomic E-state index is 0.131. The van der Waals surface area contributed by atoms with Crippen LogP contribution < -0.4 is 5.73 Å². The van der Waals surface area contributed by atoms with E-state index in [1.807, 2.05) is 54.4 Å². The first-order valence-electron chi connectivity index (χ1n) is 8.51. The number of benzene rings is 2. The lowest BCUT2D eigenvalue weighted by Gasteiger charge is -2.38. The van der Waals surface area contributed by atoms with Crippen LogP contribution in [0.4, 0.5) is 0 Å². The Morgan fingerprint density at radius 3 is 2.72 bits per heavy atom. The maximum absolute atomic E-state index is 12.8. The predicted octanol–water partition coefficient (Wildman–Crippen LogP) is 3.57. The van der Waals surface area contributed by atoms with Crippen molar-refractivity contribution in [2.75, 3.05) is 7.05 Å². The highest BCUT2D eigenvalue weighted by Gasteiger charge is 2.39. The summed E-state index contributed by atoms with van der Waals surface area (Å²) < 4.78 is 0. The molecule has 0 saturated carbocycles. The predicted molar refractivity (Wildman–Crippen MR) is 97.2 cm³/mol. The second kappa shape index (κ2) is 5.78. The van der Waals surface area contributed by atoms with Gasteiger partial charge in [0.05, 0.1) is 17.6 Å². The summed E-state index contributed by atoms with van der Waals surface area (Å²) in [6.07, 6.45) is 2.18. The van der Waals surface area contributed by atoms with Crippen molar-refractivity contribution in [2.24, 2.45) is 5.73 Å². The molecule has 25 heavy (non-hydrogen) atoms. The summed E-state index contributed by atoms with van der Waals surface area (Å²) in [5, 5.41) is 12.0. The number of nitrogens with two attached hydrogens (primary N) is 1. The van der Waals surface area contributed by atoms with Crippen LogP contribution in [0.25, 0.3) is 10.8 Å². The molecule has 0 aromatic heterocycles. The van der Waals surface area contributed by atoms with Gasteiger partial charge >= 0.3 is 0 Å². The van der Waals surface area contributed by atoms with Gasteiger partial charge in [-0.1, -0.05) is 42.5 Å². The van der Waals surface area contributed by atoms with Crippen LogP contribution in [0.1, 0.15) is 30.7 Å². The summed E-state index contributed by atoms with van der Waals surface area (Å²) in [4.78, 5) is 14.6. The number of ketones is 1. The Morgan fingerprint density at radius 2 is 1.92 bits per heavy atom. The molecule has 0 fully saturated rings. The molecule has 0 radical (unpaired) electrons. The number of allylic oxidation sites excluding steroid dienone is 3. The van der Waals surface area contributed by atoms with Gasteiger partial charge in [0.1, 0.15) is 5.82 Å². The van der Waals surface area contributed by atoms with Crippen molar-refractivity contribution in [3.63, 3.8) is 0 Å². The molecule has 4 nitrogen and oxygen atoms in total. The minimum Gasteiger partial charge on any atom is -0.384 e. The normalized spacial score (nSPS) is 20.7. The Bertz CT molecular complexity index is 988. The van der Waals surface area contributed by atoms with E-state index in [1.54, 1.807) is 0 Å². The fourth-order valence-electron chi connectivity index (χ4n) is 4.08. The molecule has 2 aromatic carbocycles. The molecule has 4 heteroatoms. The molecule has 0 spiro atoms. The number of carbonyl (C=O) groups excluding carboxylic acids is 1. The Kier molecular flexibility index (Phi) is 3.58. The number of nitrogens with zero attached hydrogens (tertiary/aromatic N) is 2. The van der Waals surface area contributed by atoms with Crippen molar-refractivity contribution in [3.8, 4) is 6.07 Å². The van der Waals surface area contributed by atoms with Crippen molar-refractivity contribution in [3.05, 3.63) is 70.7 Å². The van der Waals surface area contributed by atoms with E-state index in [1.165, 1.54) is 0 Å². The maximum atomic E-state index is 12.8. The molecule has 1 heterocycles. The summed E-state index contributed by atoms with van der Waals surface area (Å²) in [7, 11) is 1.85. The molecule has 1 atom stereocenters. The molecule has 2 N–H and O–H groups in total. The maximum Gasteiger partial charge on any atom is 0.161 e. The lowest BCUT2D eigenvalue weighted by atomic mass is 9.75. The molecule has 1 aliphatic carbocycles. The van der Waals surface area contributed by atoms with Crippen LogP contribution in [0.2, 0.25) is 0 Å². The van der Waals surface area contributed by atoms with Crippen LogP contribution in [-0.2, 0) is 4.79 Å². The number of fused-ring (bicyclic) bond motifs is 1. The van der Waals surface area contributed by atoms with Crippen LogP contribution in [0, 0.1) is 11.3 Å². The molecule has 2 aliphatic rings. The van der Waals surface area contributed by atoms with Gasteiger partial charge in [-0.15, -0.1) is 0 Å². The third-order valence-electron chi connectivity index (χ3n) is 5.30. The van der Waals surface area contributed by atoms with E-state index in [0.717, 1.165) is 40.4 Å². The van der Waals surface area contributed by atoms with Gasteiger partial charge in [-0.25, -0.2) is 0 Å². The van der Waals surface area contributed by atoms with Gasteiger partial charge in [0.15, 0.2) is 5.78 Å². The van der Waals surface area contributed by atoms with Crippen molar-refractivity contribution in [2.45, 2.75) is 25.2 Å². The number of carbonyl (C=O) groups is 1. The lowest BCUT2D eigenvalue weighted by molar-refractivity contribution is -0.116. The Labute approximate surface area is 146 Å². The third-order valence-corrected chi connectivity index (χ3v) is 5.30. The number of nitriles is 1. The first-order valence-corrected chi connectivity index (χ1v) is 8.51. The van der Waals surface area contributed by atoms with Gasteiger partial charge in [-0.2, -0.15) is 5.26 Å². The zero-order chi connectivity index (χ0) is 17.6. The fraction of sp³-hybridized carbons (Fsp3) is 0.238. The average molecular weight is 329 g/mol. The van der Waals surface area contributed by atoms with Crippen molar-refractivity contribution in [1.29, 1.82) is 5.26 Å². The lowest BCUT2D eigenvalue weighted by Crippen LogP contribution is -2.36. The molecule has 0 unspecified atom stereocenters. The average Bonchev–Trinajstić information content (AvgIpc) is 2.64. The quantitative estimate of drug-likeness (QED) is 0.868. The van der Waals surface area contributed by atoms with E-state index in [4.69, 9.17) is 5.73 Å². The highest BCUT2D eigenvalue weighted by Crippen LogP contribution is 2.45. The second-order valence-electron chi connectivity index (χ2n) is 6.61. The molecule has 0 saturated heterocycles. The van der Waals surface area contributed by atoms with E-state index in [0.29, 0.717) is 17.8 Å². The molecular weight excluding hydrogens is 310 g/mol. The fourth-order valence-corrected chi connectivity index (χ4v) is 4.08. The number of rotatable bonds is 1. The van der Waals surface area contributed by atoms with Gasteiger partial charge in [-0.3, -0.25) is 4.79 Å². The summed E-state index contributed by atoms with van der Waals surface area (Å²) in [5.41, 5.74) is 9.45. The van der Waals surface area contributed by atoms with E-state index in [-0.39, 0.29) is 11.7 Å². The zero-order valence-electron chi connectivity index (χ0n) is 14.1. The first kappa shape index (κ1) is 15.5. The minimum atomic E-state index is -0.380. The molecule has 4 rings (SSSR count). The SMILES string of the molecule is CN1C(N)=C(C#N)[C@H](c2cccc3ccccc23)C2=C1CCCC2=O. The number of hydrogen-bond acceptors (Lipinski definition) is 4. The highest BCUT2D eigenvalue weighted by atomic mass is 16.1. The molecule has 1 aliphatic heterocycles. The van der Waals surface area contributed by atoms with Gasteiger partial charge in [0, 0.05) is 24.7 Å². The molecule has 0 amide bonds. The number of hydrogen-bond donors (Lipinski definition) is 1. The Morgan fingerprint density at radius 1 is 1.16 bits per heavy atom. The van der Waals surface area contributed by atoms with Crippen LogP contribution in [0.15, 0.2) is 65.1 Å². The van der Waals surface area contributed by atoms with Crippen LogP contribution in [0.3, 0.4) is 0 Å². The smallest absolute Gasteiger partial charge is 0.161 e. The highest BCUT2D eigenvalue weighted by molar-refractivity contribution is 6.01. The summed E-state index contributed by atoms with van der Waals surface area (Å²) in [5.74, 6) is 0.204. The monoisotopic (exact) mass is 329 g/mol.